The average Bonchev–Trinajstić information content (AvgIpc) is 3.34. The van der Waals surface area contributed by atoms with Crippen LogP contribution in [0.4, 0.5) is 5.95 Å². The number of hydrogen-bond donors (Lipinski definition) is 0. The van der Waals surface area contributed by atoms with Crippen LogP contribution in [-0.2, 0) is 14.8 Å². The Kier molecular flexibility index (Phi) is 6.63. The lowest BCUT2D eigenvalue weighted by atomic mass is 9.90. The predicted molar refractivity (Wildman–Crippen MR) is 114 cm³/mol. The van der Waals surface area contributed by atoms with Gasteiger partial charge < -0.3 is 9.64 Å². The van der Waals surface area contributed by atoms with Crippen molar-refractivity contribution >= 4 is 27.6 Å². The lowest BCUT2D eigenvalue weighted by Crippen LogP contribution is -2.35. The Hall–Kier alpha value is -0.960. The molecule has 0 bridgehead atoms. The molecule has 0 radical (unpaired) electrons. The van der Waals surface area contributed by atoms with E-state index in [0.717, 1.165) is 56.2 Å². The van der Waals surface area contributed by atoms with Crippen molar-refractivity contribution in [1.82, 2.24) is 14.3 Å². The highest BCUT2D eigenvalue weighted by Crippen LogP contribution is 2.49. The molecule has 3 heterocycles. The zero-order chi connectivity index (χ0) is 20.4. The van der Waals surface area contributed by atoms with E-state index in [0.29, 0.717) is 18.1 Å². The Bertz CT molecular complexity index is 783. The van der Waals surface area contributed by atoms with Crippen LogP contribution < -0.4 is 4.90 Å². The van der Waals surface area contributed by atoms with Gasteiger partial charge in [0.15, 0.2) is 0 Å². The number of nitrogens with zero attached hydrogens (tertiary/aromatic N) is 4. The third kappa shape index (κ3) is 5.21. The molecule has 0 spiro atoms. The monoisotopic (exact) mass is 442 g/mol. The molecular formula is C20H31ClN4O3S. The first-order valence-electron chi connectivity index (χ1n) is 10.8. The van der Waals surface area contributed by atoms with E-state index >= 15 is 0 Å². The number of halogens is 1. The van der Waals surface area contributed by atoms with Crippen molar-refractivity contribution in [1.29, 1.82) is 0 Å². The molecular weight excluding hydrogens is 412 g/mol. The van der Waals surface area contributed by atoms with Gasteiger partial charge in [-0.1, -0.05) is 11.6 Å². The molecule has 7 nitrogen and oxygen atoms in total. The highest BCUT2D eigenvalue weighted by atomic mass is 35.5. The summed E-state index contributed by atoms with van der Waals surface area (Å²) in [5, 5.41) is 0.573. The fourth-order valence-corrected chi connectivity index (χ4v) is 6.07. The fraction of sp³-hybridized carbons (Fsp3) is 0.800. The fourth-order valence-electron chi connectivity index (χ4n) is 4.83. The first kappa shape index (κ1) is 21.3. The van der Waals surface area contributed by atoms with Gasteiger partial charge in [-0.3, -0.25) is 0 Å². The van der Waals surface area contributed by atoms with E-state index in [1.54, 1.807) is 23.6 Å². The van der Waals surface area contributed by atoms with Gasteiger partial charge in [0.25, 0.3) is 0 Å². The molecule has 3 aliphatic rings. The van der Waals surface area contributed by atoms with Crippen LogP contribution in [0.5, 0.6) is 0 Å². The summed E-state index contributed by atoms with van der Waals surface area (Å²) in [5.41, 5.74) is 0. The number of anilines is 1. The third-order valence-corrected chi connectivity index (χ3v) is 8.76. The molecule has 3 fully saturated rings. The molecule has 1 unspecified atom stereocenters. The summed E-state index contributed by atoms with van der Waals surface area (Å²) < 4.78 is 31.5. The highest BCUT2D eigenvalue weighted by molar-refractivity contribution is 7.89. The molecule has 162 valence electrons. The van der Waals surface area contributed by atoms with Crippen molar-refractivity contribution in [2.75, 3.05) is 43.4 Å². The van der Waals surface area contributed by atoms with Crippen LogP contribution in [0.15, 0.2) is 12.4 Å². The maximum atomic E-state index is 11.9. The molecule has 2 saturated heterocycles. The molecule has 0 aromatic carbocycles. The van der Waals surface area contributed by atoms with Gasteiger partial charge in [-0.2, -0.15) is 4.31 Å². The molecule has 1 aromatic heterocycles. The SMILES string of the molecule is CCS(=O)(=O)N1CC[C@H](OCCC2C[C@@H]2C2CCN(c3ncc(Cl)cn3)CC2)C1. The van der Waals surface area contributed by atoms with Crippen molar-refractivity contribution in [2.24, 2.45) is 17.8 Å². The molecule has 0 amide bonds. The van der Waals surface area contributed by atoms with E-state index in [1.165, 1.54) is 19.3 Å². The van der Waals surface area contributed by atoms with Crippen LogP contribution in [0.25, 0.3) is 0 Å². The van der Waals surface area contributed by atoms with Crippen LogP contribution in [0, 0.1) is 17.8 Å². The predicted octanol–water partition coefficient (Wildman–Crippen LogP) is 2.81. The summed E-state index contributed by atoms with van der Waals surface area (Å²) >= 11 is 5.87. The number of aromatic nitrogens is 2. The topological polar surface area (TPSA) is 75.6 Å². The normalized spacial score (nSPS) is 28.8. The molecule has 1 saturated carbocycles. The van der Waals surface area contributed by atoms with Gasteiger partial charge in [0.05, 0.1) is 29.3 Å². The Morgan fingerprint density at radius 3 is 2.59 bits per heavy atom. The summed E-state index contributed by atoms with van der Waals surface area (Å²) in [6.45, 7) is 5.59. The standard InChI is InChI=1S/C20H31ClN4O3S/c1-2-29(26,27)25-9-5-18(14-25)28-10-6-16-11-19(16)15-3-7-24(8-4-15)20-22-12-17(21)13-23-20/h12-13,15-16,18-19H,2-11,14H2,1H3/t16?,18-,19+/m0/s1. The lowest BCUT2D eigenvalue weighted by molar-refractivity contribution is 0.0582. The molecule has 2 aliphatic heterocycles. The molecule has 1 aliphatic carbocycles. The molecule has 4 rings (SSSR count). The first-order chi connectivity index (χ1) is 14.0. The number of ether oxygens (including phenoxy) is 1. The summed E-state index contributed by atoms with van der Waals surface area (Å²) in [7, 11) is -3.08. The third-order valence-electron chi connectivity index (χ3n) is 6.72. The van der Waals surface area contributed by atoms with Gasteiger partial charge in [-0.15, -0.1) is 0 Å². The number of rotatable bonds is 8. The van der Waals surface area contributed by atoms with Crippen LogP contribution in [0.1, 0.15) is 39.0 Å². The van der Waals surface area contributed by atoms with Crippen molar-refractivity contribution in [3.8, 4) is 0 Å². The van der Waals surface area contributed by atoms with Gasteiger partial charge in [-0.05, 0) is 56.8 Å². The van der Waals surface area contributed by atoms with Crippen LogP contribution >= 0.6 is 11.6 Å². The zero-order valence-electron chi connectivity index (χ0n) is 17.0. The van der Waals surface area contributed by atoms with E-state index in [2.05, 4.69) is 14.9 Å². The van der Waals surface area contributed by atoms with Gasteiger partial charge in [0, 0.05) is 32.8 Å². The van der Waals surface area contributed by atoms with Gasteiger partial charge in [0.2, 0.25) is 16.0 Å². The average molecular weight is 443 g/mol. The summed E-state index contributed by atoms with van der Waals surface area (Å²) in [5.74, 6) is 3.35. The highest BCUT2D eigenvalue weighted by Gasteiger charge is 2.43. The van der Waals surface area contributed by atoms with E-state index in [1.807, 2.05) is 0 Å². The maximum absolute atomic E-state index is 11.9. The smallest absolute Gasteiger partial charge is 0.225 e. The minimum Gasteiger partial charge on any atom is -0.377 e. The Morgan fingerprint density at radius 1 is 1.17 bits per heavy atom. The van der Waals surface area contributed by atoms with Crippen molar-refractivity contribution in [2.45, 2.75) is 45.1 Å². The minimum absolute atomic E-state index is 0.0659. The zero-order valence-corrected chi connectivity index (χ0v) is 18.6. The second kappa shape index (κ2) is 9.04. The first-order valence-corrected chi connectivity index (χ1v) is 12.8. The van der Waals surface area contributed by atoms with Crippen molar-refractivity contribution in [3.63, 3.8) is 0 Å². The molecule has 9 heteroatoms. The Morgan fingerprint density at radius 2 is 1.90 bits per heavy atom. The Labute approximate surface area is 178 Å². The largest absolute Gasteiger partial charge is 0.377 e. The van der Waals surface area contributed by atoms with Crippen LogP contribution in [0.3, 0.4) is 0 Å². The summed E-state index contributed by atoms with van der Waals surface area (Å²) in [6, 6.07) is 0. The van der Waals surface area contributed by atoms with E-state index in [9.17, 15) is 8.42 Å². The van der Waals surface area contributed by atoms with Crippen LogP contribution in [-0.4, -0.2) is 67.3 Å². The summed E-state index contributed by atoms with van der Waals surface area (Å²) in [6.07, 6.45) is 9.01. The van der Waals surface area contributed by atoms with Gasteiger partial charge >= 0.3 is 0 Å². The van der Waals surface area contributed by atoms with E-state index in [-0.39, 0.29) is 11.9 Å². The molecule has 29 heavy (non-hydrogen) atoms. The Balaban J connectivity index is 1.13. The number of hydrogen-bond acceptors (Lipinski definition) is 6. The second-order valence-corrected chi connectivity index (χ2v) is 11.2. The van der Waals surface area contributed by atoms with Crippen LogP contribution in [0.2, 0.25) is 5.02 Å². The van der Waals surface area contributed by atoms with Gasteiger partial charge in [-0.25, -0.2) is 18.4 Å². The van der Waals surface area contributed by atoms with Crippen molar-refractivity contribution < 1.29 is 13.2 Å². The molecule has 3 atom stereocenters. The van der Waals surface area contributed by atoms with E-state index < -0.39 is 10.0 Å². The second-order valence-electron chi connectivity index (χ2n) is 8.51. The number of sulfonamides is 1. The molecule has 1 aromatic rings. The summed E-state index contributed by atoms with van der Waals surface area (Å²) in [4.78, 5) is 10.9. The lowest BCUT2D eigenvalue weighted by Gasteiger charge is -2.32. The molecule has 0 N–H and O–H groups in total. The van der Waals surface area contributed by atoms with E-state index in [4.69, 9.17) is 16.3 Å². The van der Waals surface area contributed by atoms with Crippen molar-refractivity contribution in [3.05, 3.63) is 17.4 Å². The van der Waals surface area contributed by atoms with Gasteiger partial charge in [0.1, 0.15) is 0 Å². The number of piperidine rings is 1. The minimum atomic E-state index is -3.08. The quantitative estimate of drug-likeness (QED) is 0.616. The maximum Gasteiger partial charge on any atom is 0.225 e.